The number of fused-ring (bicyclic) bond motifs is 2. The molecule has 2 aromatic carbocycles. The normalized spacial score (nSPS) is 18.3. The van der Waals surface area contributed by atoms with E-state index in [2.05, 4.69) is 80.9 Å². The molecule has 0 bridgehead atoms. The van der Waals surface area contributed by atoms with Gasteiger partial charge < -0.3 is 4.90 Å². The molecule has 2 aromatic rings. The number of allylic oxidation sites excluding steroid dienone is 1. The Morgan fingerprint density at radius 2 is 1.83 bits per heavy atom. The van der Waals surface area contributed by atoms with Gasteiger partial charge in [0.1, 0.15) is 8.07 Å². The largest absolute Gasteiger partial charge is 0.372 e. The van der Waals surface area contributed by atoms with E-state index >= 15 is 0 Å². The molecule has 2 nitrogen and oxygen atoms in total. The standard InChI is InChI=1S/C21H26N2Si/c1-6-13-24(5)20-14-16(4)9-11-18(20)22-19-12-10-17(15-21(19)24)23(7-2)8-3/h6,9-12,14-15H,1,4,7-8,13H2,2-3,5H3. The zero-order valence-electron chi connectivity index (χ0n) is 15.0. The fourth-order valence-corrected chi connectivity index (χ4v) is 7.44. The van der Waals surface area contributed by atoms with Gasteiger partial charge in [0.2, 0.25) is 0 Å². The molecule has 1 atom stereocenters. The Morgan fingerprint density at radius 1 is 1.08 bits per heavy atom. The topological polar surface area (TPSA) is 15.6 Å². The lowest BCUT2D eigenvalue weighted by Crippen LogP contribution is -2.63. The van der Waals surface area contributed by atoms with Crippen LogP contribution in [0, 0.1) is 0 Å². The summed E-state index contributed by atoms with van der Waals surface area (Å²) in [6.45, 7) is 17.1. The van der Waals surface area contributed by atoms with Crippen molar-refractivity contribution in [3.8, 4) is 0 Å². The van der Waals surface area contributed by atoms with E-state index in [4.69, 9.17) is 4.99 Å². The third-order valence-electron chi connectivity index (χ3n) is 5.15. The summed E-state index contributed by atoms with van der Waals surface area (Å²) in [4.78, 5) is 7.33. The van der Waals surface area contributed by atoms with E-state index in [-0.39, 0.29) is 0 Å². The Labute approximate surface area is 145 Å². The molecular weight excluding hydrogens is 308 g/mol. The summed E-state index contributed by atoms with van der Waals surface area (Å²) >= 11 is 0. The van der Waals surface area contributed by atoms with Crippen LogP contribution in [-0.2, 0) is 0 Å². The minimum absolute atomic E-state index is 1.02. The predicted molar refractivity (Wildman–Crippen MR) is 108 cm³/mol. The Hall–Kier alpha value is -2.13. The number of nitrogens with zero attached hydrogens (tertiary/aromatic N) is 2. The Balaban J connectivity index is 2.28. The molecule has 0 amide bonds. The Kier molecular flexibility index (Phi) is 4.46. The van der Waals surface area contributed by atoms with Gasteiger partial charge in [-0.2, -0.15) is 0 Å². The third kappa shape index (κ3) is 2.63. The number of rotatable bonds is 5. The maximum Gasteiger partial charge on any atom is 0.124 e. The van der Waals surface area contributed by atoms with Crippen molar-refractivity contribution in [3.05, 3.63) is 59.6 Å². The van der Waals surface area contributed by atoms with E-state index in [1.54, 1.807) is 0 Å². The lowest BCUT2D eigenvalue weighted by molar-refractivity contribution is 0.867. The minimum atomic E-state index is -1.89. The van der Waals surface area contributed by atoms with Crippen LogP contribution < -0.4 is 25.8 Å². The monoisotopic (exact) mass is 334 g/mol. The van der Waals surface area contributed by atoms with Crippen molar-refractivity contribution in [2.75, 3.05) is 18.0 Å². The van der Waals surface area contributed by atoms with Gasteiger partial charge in [0.25, 0.3) is 0 Å². The van der Waals surface area contributed by atoms with Gasteiger partial charge in [-0.1, -0.05) is 31.3 Å². The average molecular weight is 335 g/mol. The molecule has 0 N–H and O–H groups in total. The number of hydrogen-bond donors (Lipinski definition) is 0. The molecule has 1 unspecified atom stereocenters. The van der Waals surface area contributed by atoms with Gasteiger partial charge in [-0.25, -0.2) is 4.99 Å². The minimum Gasteiger partial charge on any atom is -0.372 e. The first-order valence-corrected chi connectivity index (χ1v) is 11.4. The van der Waals surface area contributed by atoms with Crippen LogP contribution in [0.4, 0.5) is 11.4 Å². The second-order valence-corrected chi connectivity index (χ2v) is 10.8. The van der Waals surface area contributed by atoms with Crippen LogP contribution in [0.5, 0.6) is 0 Å². The predicted octanol–water partition coefficient (Wildman–Crippen LogP) is 2.59. The molecule has 0 spiro atoms. The molecule has 3 heteroatoms. The van der Waals surface area contributed by atoms with Crippen molar-refractivity contribution < 1.29 is 0 Å². The first-order valence-electron chi connectivity index (χ1n) is 8.72. The highest BCUT2D eigenvalue weighted by atomic mass is 28.3. The average Bonchev–Trinajstić information content (AvgIpc) is 2.58. The van der Waals surface area contributed by atoms with Crippen molar-refractivity contribution in [1.82, 2.24) is 0 Å². The second-order valence-electron chi connectivity index (χ2n) is 6.66. The molecule has 124 valence electrons. The van der Waals surface area contributed by atoms with Crippen LogP contribution in [0.1, 0.15) is 13.8 Å². The molecule has 0 aromatic heterocycles. The Bertz CT molecular complexity index is 883. The van der Waals surface area contributed by atoms with Crippen LogP contribution in [-0.4, -0.2) is 21.2 Å². The number of anilines is 1. The highest BCUT2D eigenvalue weighted by molar-refractivity contribution is 7.02. The molecule has 0 fully saturated rings. The maximum atomic E-state index is 4.93. The van der Waals surface area contributed by atoms with Gasteiger partial charge >= 0.3 is 0 Å². The smallest absolute Gasteiger partial charge is 0.124 e. The van der Waals surface area contributed by atoms with E-state index in [9.17, 15) is 0 Å². The lowest BCUT2D eigenvalue weighted by atomic mass is 10.2. The van der Waals surface area contributed by atoms with E-state index in [1.165, 1.54) is 16.1 Å². The van der Waals surface area contributed by atoms with E-state index in [0.717, 1.165) is 35.4 Å². The fraction of sp³-hybridized carbons (Fsp3) is 0.286. The van der Waals surface area contributed by atoms with E-state index in [0.29, 0.717) is 0 Å². The second kappa shape index (κ2) is 6.40. The van der Waals surface area contributed by atoms with Gasteiger partial charge in [0, 0.05) is 18.8 Å². The SMILES string of the molecule is C=CC[Si]1(C)c2cc(N(CC)CC)ccc2N=c2ccc(=C)cc21. The molecule has 0 saturated heterocycles. The molecule has 0 radical (unpaired) electrons. The van der Waals surface area contributed by atoms with Crippen LogP contribution in [0.15, 0.2) is 54.0 Å². The van der Waals surface area contributed by atoms with Crippen LogP contribution in [0.3, 0.4) is 0 Å². The zero-order chi connectivity index (χ0) is 17.3. The van der Waals surface area contributed by atoms with Gasteiger partial charge in [0.05, 0.1) is 11.0 Å². The Morgan fingerprint density at radius 3 is 2.50 bits per heavy atom. The molecule has 3 rings (SSSR count). The lowest BCUT2D eigenvalue weighted by Gasteiger charge is -2.33. The van der Waals surface area contributed by atoms with Crippen molar-refractivity contribution in [3.63, 3.8) is 0 Å². The van der Waals surface area contributed by atoms with Crippen molar-refractivity contribution >= 4 is 36.4 Å². The molecular formula is C21H26N2Si. The van der Waals surface area contributed by atoms with Crippen LogP contribution >= 0.6 is 0 Å². The highest BCUT2D eigenvalue weighted by Gasteiger charge is 2.36. The quantitative estimate of drug-likeness (QED) is 0.606. The summed E-state index contributed by atoms with van der Waals surface area (Å²) in [5.74, 6) is 0. The van der Waals surface area contributed by atoms with Gasteiger partial charge in [-0.3, -0.25) is 0 Å². The van der Waals surface area contributed by atoms with Crippen molar-refractivity contribution in [2.45, 2.75) is 26.4 Å². The summed E-state index contributed by atoms with van der Waals surface area (Å²) < 4.78 is 0. The summed E-state index contributed by atoms with van der Waals surface area (Å²) in [5.41, 5.74) is 2.43. The maximum absolute atomic E-state index is 4.93. The molecule has 1 aliphatic heterocycles. The highest BCUT2D eigenvalue weighted by Crippen LogP contribution is 2.25. The van der Waals surface area contributed by atoms with Gasteiger partial charge in [0.15, 0.2) is 0 Å². The summed E-state index contributed by atoms with van der Waals surface area (Å²) in [5, 5.41) is 4.99. The van der Waals surface area contributed by atoms with Crippen LogP contribution in [0.2, 0.25) is 12.6 Å². The molecule has 0 aliphatic carbocycles. The summed E-state index contributed by atoms with van der Waals surface area (Å²) in [6.07, 6.45) is 2.07. The fourth-order valence-electron chi connectivity index (χ4n) is 3.76. The zero-order valence-corrected chi connectivity index (χ0v) is 16.0. The van der Waals surface area contributed by atoms with Gasteiger partial charge in [-0.05, 0) is 59.7 Å². The van der Waals surface area contributed by atoms with Crippen molar-refractivity contribution in [1.29, 1.82) is 0 Å². The number of benzene rings is 2. The molecule has 1 heterocycles. The van der Waals surface area contributed by atoms with Crippen LogP contribution in [0.25, 0.3) is 6.58 Å². The first kappa shape index (κ1) is 16.7. The van der Waals surface area contributed by atoms with Crippen molar-refractivity contribution in [2.24, 2.45) is 4.99 Å². The molecule has 1 aliphatic rings. The van der Waals surface area contributed by atoms with E-state index < -0.39 is 8.07 Å². The number of hydrogen-bond acceptors (Lipinski definition) is 2. The third-order valence-corrected chi connectivity index (χ3v) is 9.44. The molecule has 0 saturated carbocycles. The summed E-state index contributed by atoms with van der Waals surface area (Å²) in [7, 11) is -1.89. The first-order chi connectivity index (χ1) is 11.5. The molecule has 24 heavy (non-hydrogen) atoms. The van der Waals surface area contributed by atoms with Gasteiger partial charge in [-0.15, -0.1) is 6.58 Å². The summed E-state index contributed by atoms with van der Waals surface area (Å²) in [6, 6.07) is 14.2. The van der Waals surface area contributed by atoms with E-state index in [1.807, 2.05) is 0 Å².